The van der Waals surface area contributed by atoms with Crippen LogP contribution in [0.4, 0.5) is 28.7 Å². The number of benzene rings is 5. The molecule has 0 radical (unpaired) electrons. The van der Waals surface area contributed by atoms with Gasteiger partial charge in [0.15, 0.2) is 0 Å². The highest BCUT2D eigenvalue weighted by Gasteiger charge is 2.22. The Morgan fingerprint density at radius 1 is 0.557 bits per heavy atom. The topological polar surface area (TPSA) is 352 Å². The Morgan fingerprint density at radius 2 is 1.08 bits per heavy atom. The van der Waals surface area contributed by atoms with Crippen molar-refractivity contribution in [3.05, 3.63) is 126 Å². The van der Waals surface area contributed by atoms with Crippen LogP contribution in [-0.2, 0) is 58.6 Å². The van der Waals surface area contributed by atoms with Crippen LogP contribution in [0.3, 0.4) is 0 Å². The van der Waals surface area contributed by atoms with E-state index >= 15 is 0 Å². The number of nitrogens with one attached hydrogen (secondary N) is 1. The van der Waals surface area contributed by atoms with Gasteiger partial charge in [-0.1, -0.05) is 48.5 Å². The lowest BCUT2D eigenvalue weighted by Crippen LogP contribution is -2.17. The van der Waals surface area contributed by atoms with Gasteiger partial charge in [0.1, 0.15) is 28.0 Å². The van der Waals surface area contributed by atoms with E-state index in [-0.39, 0.29) is 63.8 Å². The summed E-state index contributed by atoms with van der Waals surface area (Å²) in [6.07, 6.45) is -0.152. The van der Waals surface area contributed by atoms with Gasteiger partial charge in [0.05, 0.1) is 27.6 Å². The van der Waals surface area contributed by atoms with Gasteiger partial charge in [-0.15, -0.1) is 12.6 Å². The number of rotatable bonds is 14. The Hall–Kier alpha value is -6.81. The minimum absolute atomic E-state index is 0.0404. The Labute approximate surface area is 347 Å². The molecule has 0 unspecified atom stereocenters. The number of hydrogen-bond acceptors (Lipinski definition) is 18. The molecule has 6 aromatic rings. The number of azo groups is 2. The van der Waals surface area contributed by atoms with Crippen LogP contribution < -0.4 is 5.32 Å². The molecule has 0 aliphatic carbocycles. The van der Waals surface area contributed by atoms with Crippen LogP contribution >= 0.6 is 0 Å². The second kappa shape index (κ2) is 19.1. The van der Waals surface area contributed by atoms with Gasteiger partial charge in [0.25, 0.3) is 30.4 Å². The van der Waals surface area contributed by atoms with Gasteiger partial charge < -0.3 is 10.4 Å². The van der Waals surface area contributed by atoms with E-state index in [1.807, 2.05) is 0 Å². The number of anilines is 1. The highest BCUT2D eigenvalue weighted by molar-refractivity contribution is 7.86. The zero-order valence-corrected chi connectivity index (χ0v) is 33.8. The van der Waals surface area contributed by atoms with Crippen molar-refractivity contribution in [1.29, 1.82) is 0 Å². The Morgan fingerprint density at radius 3 is 1.67 bits per heavy atom. The predicted molar refractivity (Wildman–Crippen MR) is 212 cm³/mol. The number of fused-ring (bicyclic) bond motifs is 1. The van der Waals surface area contributed by atoms with Crippen molar-refractivity contribution in [2.24, 2.45) is 20.5 Å². The van der Waals surface area contributed by atoms with E-state index in [2.05, 4.69) is 40.7 Å². The maximum absolute atomic E-state index is 12.4. The Bertz CT molecular complexity index is 3150. The third kappa shape index (κ3) is 13.1. The number of hydrogen-bond donors (Lipinski definition) is 5. The molecule has 0 atom stereocenters. The molecule has 0 saturated carbocycles. The van der Waals surface area contributed by atoms with Gasteiger partial charge in [-0.25, -0.2) is 4.98 Å². The Kier molecular flexibility index (Phi) is 14.1. The molecule has 6 rings (SSSR count). The molecule has 26 heteroatoms. The van der Waals surface area contributed by atoms with Gasteiger partial charge in [-0.05, 0) is 65.7 Å². The molecule has 0 aliphatic rings. The minimum atomic E-state index is -4.86. The third-order valence-electron chi connectivity index (χ3n) is 7.88. The van der Waals surface area contributed by atoms with Gasteiger partial charge in [0.2, 0.25) is 5.95 Å². The summed E-state index contributed by atoms with van der Waals surface area (Å²) < 4.78 is 128. The van der Waals surface area contributed by atoms with Crippen LogP contribution in [0.15, 0.2) is 138 Å². The van der Waals surface area contributed by atoms with E-state index in [9.17, 15) is 48.8 Å². The van der Waals surface area contributed by atoms with Crippen LogP contribution in [0.2, 0.25) is 0 Å². The largest absolute Gasteiger partial charge is 0.480 e. The van der Waals surface area contributed by atoms with Crippen molar-refractivity contribution in [2.75, 3.05) is 11.9 Å². The quantitative estimate of drug-likeness (QED) is 0.0686. The van der Waals surface area contributed by atoms with E-state index in [0.717, 1.165) is 18.2 Å². The molecule has 0 fully saturated rings. The molecule has 0 bridgehead atoms. The fourth-order valence-corrected chi connectivity index (χ4v) is 7.58. The normalized spacial score (nSPS) is 12.0. The lowest BCUT2D eigenvalue weighted by atomic mass is 10.1. The van der Waals surface area contributed by atoms with Crippen molar-refractivity contribution in [3.63, 3.8) is 0 Å². The first-order valence-corrected chi connectivity index (χ1v) is 22.0. The Balaban J connectivity index is 0.00000168. The second-order valence-corrected chi connectivity index (χ2v) is 16.8. The smallest absolute Gasteiger partial charge is 0.425 e. The number of carboxylic acids is 1. The van der Waals surface area contributed by atoms with Crippen molar-refractivity contribution >= 4 is 86.4 Å². The minimum Gasteiger partial charge on any atom is -0.480 e. The zero-order chi connectivity index (χ0) is 44.5. The summed E-state index contributed by atoms with van der Waals surface area (Å²) in [5.41, 5.74) is 1.50. The van der Waals surface area contributed by atoms with Gasteiger partial charge >= 0.3 is 16.6 Å². The number of aromatic nitrogens is 3. The van der Waals surface area contributed by atoms with Crippen molar-refractivity contribution in [2.45, 2.75) is 27.5 Å². The molecule has 0 amide bonds. The predicted octanol–water partition coefficient (Wildman–Crippen LogP) is 5.27. The molecule has 0 spiro atoms. The van der Waals surface area contributed by atoms with Crippen LogP contribution in [0.5, 0.6) is 0 Å². The molecule has 1 heterocycles. The lowest BCUT2D eigenvalue weighted by molar-refractivity contribution is -0.134. The molecule has 1 aromatic heterocycles. The standard InChI is InChI=1S/C35H28N8O11S3.O3S/c44-34(45)20-36-35-38-32(37-33(39-35)16-22-11-14-25(18-30(22)56(49,50)51)42-40-23-5-2-1-3-6-23)15-21-9-12-24(13-10-21)41-43-26-17-28-27(31(19-26)57(52,53)54)7-4-8-29(28)55(46,47)48;1-4(2)3/h1-14,17-19H,15-16,20H2,(H,44,45)(H,46,47,48)(H,49,50,51)(H,52,53,54)(H,36,37,38,39);. The van der Waals surface area contributed by atoms with E-state index in [4.69, 9.17) is 12.6 Å². The SMILES string of the molecule is O=C(O)CNc1nc(Cc2ccc(N=Nc3cc(S(=O)(=O)O)c4cccc(S(=O)(=O)O)c4c3)cc2)nc(Cc2ccc(N=Nc3ccccc3)cc2S(=O)(=O)O)n1.O=S(=O)=O. The van der Waals surface area contributed by atoms with Crippen molar-refractivity contribution < 1.29 is 61.4 Å². The van der Waals surface area contributed by atoms with Gasteiger partial charge in [-0.2, -0.15) is 55.7 Å². The summed E-state index contributed by atoms with van der Waals surface area (Å²) in [7, 11) is -17.5. The molecule has 0 saturated heterocycles. The summed E-state index contributed by atoms with van der Waals surface area (Å²) >= 11 is 0. The van der Waals surface area contributed by atoms with E-state index in [0.29, 0.717) is 11.3 Å². The average molecular weight is 913 g/mol. The van der Waals surface area contributed by atoms with Crippen LogP contribution in [-0.4, -0.2) is 84.1 Å². The highest BCUT2D eigenvalue weighted by Crippen LogP contribution is 2.34. The molecule has 22 nitrogen and oxygen atoms in total. The van der Waals surface area contributed by atoms with Crippen LogP contribution in [0.25, 0.3) is 10.8 Å². The average Bonchev–Trinajstić information content (AvgIpc) is 3.18. The molecule has 0 aliphatic heterocycles. The van der Waals surface area contributed by atoms with Crippen molar-refractivity contribution in [1.82, 2.24) is 15.0 Å². The second-order valence-electron chi connectivity index (χ2n) is 12.2. The molecule has 5 aromatic carbocycles. The number of aliphatic carboxylic acids is 1. The van der Waals surface area contributed by atoms with Crippen LogP contribution in [0.1, 0.15) is 22.8 Å². The molecule has 5 N–H and O–H groups in total. The van der Waals surface area contributed by atoms with E-state index in [1.54, 1.807) is 42.5 Å². The summed E-state index contributed by atoms with van der Waals surface area (Å²) in [6.45, 7) is -0.542. The van der Waals surface area contributed by atoms with Crippen molar-refractivity contribution in [3.8, 4) is 0 Å². The van der Waals surface area contributed by atoms with E-state index < -0.39 is 68.2 Å². The maximum atomic E-state index is 12.4. The monoisotopic (exact) mass is 912 g/mol. The molecule has 61 heavy (non-hydrogen) atoms. The summed E-state index contributed by atoms with van der Waals surface area (Å²) in [6, 6.07) is 24.8. The number of carboxylic acid groups (broad SMARTS) is 1. The third-order valence-corrected chi connectivity index (χ3v) is 10.6. The zero-order valence-electron chi connectivity index (χ0n) is 30.6. The fourth-order valence-electron chi connectivity index (χ4n) is 5.42. The van der Waals surface area contributed by atoms with Gasteiger partial charge in [0, 0.05) is 23.6 Å². The lowest BCUT2D eigenvalue weighted by Gasteiger charge is -2.11. The maximum Gasteiger partial charge on any atom is 0.425 e. The number of carbonyl (C=O) groups is 1. The highest BCUT2D eigenvalue weighted by atomic mass is 32.2. The first-order valence-electron chi connectivity index (χ1n) is 16.7. The fraction of sp³-hybridized carbons (Fsp3) is 0.0857. The molecule has 316 valence electrons. The summed E-state index contributed by atoms with van der Waals surface area (Å²) in [5, 5.41) is 27.6. The summed E-state index contributed by atoms with van der Waals surface area (Å²) in [4.78, 5) is 22.5. The summed E-state index contributed by atoms with van der Waals surface area (Å²) in [5.74, 6) is -1.11. The van der Waals surface area contributed by atoms with Gasteiger partial charge in [-0.3, -0.25) is 18.5 Å². The number of nitrogens with zero attached hydrogens (tertiary/aromatic N) is 7. The molecular formula is C35H28N8O14S4. The molecular weight excluding hydrogens is 885 g/mol. The van der Waals surface area contributed by atoms with Crippen LogP contribution in [0, 0.1) is 0 Å². The van der Waals surface area contributed by atoms with E-state index in [1.165, 1.54) is 42.5 Å². The first kappa shape index (κ1) is 45.3. The first-order chi connectivity index (χ1) is 28.7.